The van der Waals surface area contributed by atoms with Gasteiger partial charge in [-0.3, -0.25) is 4.79 Å². The van der Waals surface area contributed by atoms with Crippen LogP contribution < -0.4 is 0 Å². The Bertz CT molecular complexity index is 447. The Morgan fingerprint density at radius 3 is 2.79 bits per heavy atom. The molecule has 19 heavy (non-hydrogen) atoms. The molecule has 0 heterocycles. The zero-order valence-electron chi connectivity index (χ0n) is 11.9. The number of rotatable bonds is 2. The van der Waals surface area contributed by atoms with Crippen LogP contribution >= 0.6 is 0 Å². The molecule has 1 saturated carbocycles. The van der Waals surface area contributed by atoms with Crippen LogP contribution in [0.4, 0.5) is 0 Å². The van der Waals surface area contributed by atoms with Gasteiger partial charge in [-0.2, -0.15) is 0 Å². The van der Waals surface area contributed by atoms with Crippen LogP contribution in [0.15, 0.2) is 23.8 Å². The fraction of sp³-hybridized carbons (Fsp3) is 0.625. The molecule has 0 aromatic rings. The van der Waals surface area contributed by atoms with Crippen LogP contribution in [-0.2, 0) is 14.3 Å². The van der Waals surface area contributed by atoms with E-state index in [1.807, 2.05) is 0 Å². The van der Waals surface area contributed by atoms with Gasteiger partial charge < -0.3 is 4.74 Å². The molecule has 2 aliphatic rings. The standard InChI is InChI=1S/C16H22O3/c1-9-5-6-12-10(2)8-14(17)15(13(12)7-9)11(3)16(18)19-4/h7,10,12-13,15H,3,5-6,8H2,1-2,4H3/t10-,12+,13+,15+/m1/s1. The Hall–Kier alpha value is -1.38. The number of ketones is 1. The number of hydrogen-bond acceptors (Lipinski definition) is 3. The van der Waals surface area contributed by atoms with E-state index in [-0.39, 0.29) is 17.6 Å². The van der Waals surface area contributed by atoms with E-state index in [4.69, 9.17) is 4.74 Å². The van der Waals surface area contributed by atoms with E-state index in [9.17, 15) is 9.59 Å². The minimum absolute atomic E-state index is 0.122. The third-order valence-electron chi connectivity index (χ3n) is 4.65. The van der Waals surface area contributed by atoms with Crippen molar-refractivity contribution in [3.05, 3.63) is 23.8 Å². The van der Waals surface area contributed by atoms with Crippen LogP contribution in [0.1, 0.15) is 33.1 Å². The van der Waals surface area contributed by atoms with Gasteiger partial charge in [-0.05, 0) is 37.5 Å². The van der Waals surface area contributed by atoms with Crippen molar-refractivity contribution in [3.8, 4) is 0 Å². The van der Waals surface area contributed by atoms with Crippen LogP contribution in [0, 0.1) is 23.7 Å². The first kappa shape index (κ1) is 14.0. The highest BCUT2D eigenvalue weighted by Gasteiger charge is 2.44. The Morgan fingerprint density at radius 2 is 2.16 bits per heavy atom. The van der Waals surface area contributed by atoms with Gasteiger partial charge in [0.05, 0.1) is 13.0 Å². The number of hydrogen-bond donors (Lipinski definition) is 0. The van der Waals surface area contributed by atoms with Gasteiger partial charge in [0, 0.05) is 12.0 Å². The van der Waals surface area contributed by atoms with E-state index >= 15 is 0 Å². The molecule has 2 rings (SSSR count). The molecule has 104 valence electrons. The highest BCUT2D eigenvalue weighted by atomic mass is 16.5. The topological polar surface area (TPSA) is 43.4 Å². The van der Waals surface area contributed by atoms with Crippen LogP contribution in [0.2, 0.25) is 0 Å². The molecule has 0 bridgehead atoms. The van der Waals surface area contributed by atoms with Crippen LogP contribution in [0.25, 0.3) is 0 Å². The molecule has 0 saturated heterocycles. The number of Topliss-reactive ketones (excluding diaryl/α,β-unsaturated/α-hetero) is 1. The lowest BCUT2D eigenvalue weighted by Crippen LogP contribution is -2.42. The van der Waals surface area contributed by atoms with E-state index in [0.717, 1.165) is 12.8 Å². The van der Waals surface area contributed by atoms with E-state index in [0.29, 0.717) is 23.8 Å². The average molecular weight is 262 g/mol. The second-order valence-corrected chi connectivity index (χ2v) is 5.94. The van der Waals surface area contributed by atoms with Gasteiger partial charge in [0.2, 0.25) is 0 Å². The quantitative estimate of drug-likeness (QED) is 0.436. The summed E-state index contributed by atoms with van der Waals surface area (Å²) in [6.45, 7) is 8.05. The van der Waals surface area contributed by atoms with Gasteiger partial charge in [0.1, 0.15) is 5.78 Å². The summed E-state index contributed by atoms with van der Waals surface area (Å²) in [5.41, 5.74) is 1.63. The Morgan fingerprint density at radius 1 is 1.47 bits per heavy atom. The summed E-state index contributed by atoms with van der Waals surface area (Å²) in [7, 11) is 1.34. The van der Waals surface area contributed by atoms with Crippen molar-refractivity contribution >= 4 is 11.8 Å². The minimum atomic E-state index is -0.455. The van der Waals surface area contributed by atoms with Gasteiger partial charge in [0.15, 0.2) is 0 Å². The SMILES string of the molecule is C=C(C(=O)OC)[C@@H]1C(=O)C[C@@H](C)[C@@H]2CCC(C)=C[C@H]12. The van der Waals surface area contributed by atoms with Crippen molar-refractivity contribution in [3.63, 3.8) is 0 Å². The molecule has 0 aromatic carbocycles. The fourth-order valence-electron chi connectivity index (χ4n) is 3.62. The maximum Gasteiger partial charge on any atom is 0.333 e. The molecule has 0 aliphatic heterocycles. The zero-order valence-corrected chi connectivity index (χ0v) is 11.9. The first-order valence-corrected chi connectivity index (χ1v) is 6.92. The van der Waals surface area contributed by atoms with E-state index in [2.05, 4.69) is 26.5 Å². The first-order valence-electron chi connectivity index (χ1n) is 6.92. The molecule has 2 aliphatic carbocycles. The molecule has 1 fully saturated rings. The predicted octanol–water partition coefficient (Wildman–Crippen LogP) is 2.91. The van der Waals surface area contributed by atoms with Crippen molar-refractivity contribution in [2.24, 2.45) is 23.7 Å². The molecule has 0 N–H and O–H groups in total. The largest absolute Gasteiger partial charge is 0.466 e. The molecule has 0 spiro atoms. The lowest BCUT2D eigenvalue weighted by atomic mass is 9.61. The van der Waals surface area contributed by atoms with E-state index < -0.39 is 5.97 Å². The summed E-state index contributed by atoms with van der Waals surface area (Å²) < 4.78 is 4.74. The second-order valence-electron chi connectivity index (χ2n) is 5.94. The second kappa shape index (κ2) is 5.32. The smallest absolute Gasteiger partial charge is 0.333 e. The average Bonchev–Trinajstić information content (AvgIpc) is 2.37. The van der Waals surface area contributed by atoms with Crippen molar-refractivity contribution < 1.29 is 14.3 Å². The predicted molar refractivity (Wildman–Crippen MR) is 73.4 cm³/mol. The highest BCUT2D eigenvalue weighted by Crippen LogP contribution is 2.46. The number of methoxy groups -OCH3 is 1. The number of ether oxygens (including phenoxy) is 1. The lowest BCUT2D eigenvalue weighted by molar-refractivity contribution is -0.140. The van der Waals surface area contributed by atoms with Crippen LogP contribution in [0.3, 0.4) is 0 Å². The number of allylic oxidation sites excluding steroid dienone is 2. The number of esters is 1. The number of carbonyl (C=O) groups excluding carboxylic acids is 2. The van der Waals surface area contributed by atoms with Gasteiger partial charge in [-0.15, -0.1) is 0 Å². The monoisotopic (exact) mass is 262 g/mol. The van der Waals surface area contributed by atoms with Gasteiger partial charge in [-0.25, -0.2) is 4.79 Å². The summed E-state index contributed by atoms with van der Waals surface area (Å²) in [6, 6.07) is 0. The molecule has 3 nitrogen and oxygen atoms in total. The summed E-state index contributed by atoms with van der Waals surface area (Å²) in [6.07, 6.45) is 4.93. The highest BCUT2D eigenvalue weighted by molar-refractivity contribution is 5.98. The summed E-state index contributed by atoms with van der Waals surface area (Å²) >= 11 is 0. The molecule has 0 amide bonds. The Labute approximate surface area is 114 Å². The van der Waals surface area contributed by atoms with E-state index in [1.165, 1.54) is 12.7 Å². The van der Waals surface area contributed by atoms with Crippen molar-refractivity contribution in [2.45, 2.75) is 33.1 Å². The third kappa shape index (κ3) is 2.51. The van der Waals surface area contributed by atoms with Crippen LogP contribution in [-0.4, -0.2) is 18.9 Å². The fourth-order valence-corrected chi connectivity index (χ4v) is 3.62. The van der Waals surface area contributed by atoms with Crippen LogP contribution in [0.5, 0.6) is 0 Å². The number of carbonyl (C=O) groups is 2. The maximum absolute atomic E-state index is 12.3. The maximum atomic E-state index is 12.3. The summed E-state index contributed by atoms with van der Waals surface area (Å²) in [5.74, 6) is 0.287. The van der Waals surface area contributed by atoms with Crippen molar-refractivity contribution in [1.29, 1.82) is 0 Å². The molecule has 0 radical (unpaired) electrons. The van der Waals surface area contributed by atoms with E-state index in [1.54, 1.807) is 0 Å². The number of fused-ring (bicyclic) bond motifs is 1. The first-order chi connectivity index (χ1) is 8.95. The van der Waals surface area contributed by atoms with Crippen molar-refractivity contribution in [2.75, 3.05) is 7.11 Å². The summed E-state index contributed by atoms with van der Waals surface area (Å²) in [5, 5.41) is 0. The molecular formula is C16H22O3. The normalized spacial score (nSPS) is 34.3. The Kier molecular flexibility index (Phi) is 3.93. The van der Waals surface area contributed by atoms with Gasteiger partial charge in [0.25, 0.3) is 0 Å². The van der Waals surface area contributed by atoms with Crippen molar-refractivity contribution in [1.82, 2.24) is 0 Å². The zero-order chi connectivity index (χ0) is 14.2. The van der Waals surface area contributed by atoms with Gasteiger partial charge >= 0.3 is 5.97 Å². The molecule has 0 unspecified atom stereocenters. The molecule has 0 aromatic heterocycles. The minimum Gasteiger partial charge on any atom is -0.466 e. The molecular weight excluding hydrogens is 240 g/mol. The molecule has 3 heteroatoms. The lowest BCUT2D eigenvalue weighted by Gasteiger charge is -2.42. The molecule has 4 atom stereocenters. The summed E-state index contributed by atoms with van der Waals surface area (Å²) in [4.78, 5) is 24.0. The Balaban J connectivity index is 2.34. The third-order valence-corrected chi connectivity index (χ3v) is 4.65. The van der Waals surface area contributed by atoms with Gasteiger partial charge in [-0.1, -0.05) is 25.2 Å².